The molecule has 0 saturated carbocycles. The Labute approximate surface area is 302 Å². The van der Waals surface area contributed by atoms with Gasteiger partial charge in [0.15, 0.2) is 0 Å². The Morgan fingerprint density at radius 3 is 1.85 bits per heavy atom. The number of aliphatic imine (C=N–C) groups is 1. The van der Waals surface area contributed by atoms with Crippen molar-refractivity contribution in [3.63, 3.8) is 0 Å². The number of esters is 1. The molecule has 3 aromatic carbocycles. The van der Waals surface area contributed by atoms with Gasteiger partial charge in [-0.25, -0.2) is 4.99 Å². The molecule has 4 aliphatic rings. The molecule has 3 aromatic rings. The van der Waals surface area contributed by atoms with E-state index >= 15 is 0 Å². The second-order valence-electron chi connectivity index (χ2n) is 12.9. The molecule has 47 heavy (non-hydrogen) atoms. The number of carbonyl (C=O) groups is 2. The van der Waals surface area contributed by atoms with Gasteiger partial charge in [0.2, 0.25) is 0 Å². The van der Waals surface area contributed by atoms with Crippen LogP contribution in [0.4, 0.5) is 0 Å². The molecule has 5 unspecified atom stereocenters. The van der Waals surface area contributed by atoms with Gasteiger partial charge in [0.1, 0.15) is 23.5 Å². The minimum absolute atomic E-state index is 0.0313. The Morgan fingerprint density at radius 1 is 0.809 bits per heavy atom. The Kier molecular flexibility index (Phi) is 11.1. The summed E-state index contributed by atoms with van der Waals surface area (Å²) in [5.41, 5.74) is 18.5. The maximum atomic E-state index is 11.8. The number of ketones is 1. The van der Waals surface area contributed by atoms with Crippen LogP contribution < -0.4 is 11.5 Å². The van der Waals surface area contributed by atoms with E-state index in [1.807, 2.05) is 44.2 Å². The quantitative estimate of drug-likeness (QED) is 0.240. The molecule has 1 aliphatic heterocycles. The monoisotopic (exact) mass is 829 g/mol. The smallest absolute Gasteiger partial charge is 0.326 e. The summed E-state index contributed by atoms with van der Waals surface area (Å²) in [5, 5.41) is 0. The van der Waals surface area contributed by atoms with Gasteiger partial charge in [-0.3, -0.25) is 9.59 Å². The maximum absolute atomic E-state index is 11.8. The summed E-state index contributed by atoms with van der Waals surface area (Å²) in [7, 11) is 1.39. The topological polar surface area (TPSA) is 117 Å². The number of hydrogen-bond acceptors (Lipinski definition) is 7. The summed E-state index contributed by atoms with van der Waals surface area (Å²) in [4.78, 5) is 27.8. The van der Waals surface area contributed by atoms with E-state index in [4.69, 9.17) is 20.9 Å². The van der Waals surface area contributed by atoms with Gasteiger partial charge in [-0.05, 0) is 83.7 Å². The number of Topliss-reactive ketones (excluding diaryl/α,β-unsaturated/α-hetero) is 1. The number of fused-ring (bicyclic) bond motifs is 3. The summed E-state index contributed by atoms with van der Waals surface area (Å²) in [5.74, 6) is 0.448. The average molecular weight is 832 g/mol. The van der Waals surface area contributed by atoms with E-state index in [-0.39, 0.29) is 23.3 Å². The maximum Gasteiger partial charge on any atom is 0.326 e. The minimum Gasteiger partial charge on any atom is -0.468 e. The number of halogens is 3. The largest absolute Gasteiger partial charge is 0.468 e. The van der Waals surface area contributed by atoms with E-state index in [0.717, 1.165) is 40.2 Å². The molecule has 250 valence electrons. The van der Waals surface area contributed by atoms with E-state index in [1.165, 1.54) is 39.4 Å². The number of hydrogen-bond donors (Lipinski definition) is 2. The Balaban J connectivity index is 0.000000140. The van der Waals surface area contributed by atoms with Gasteiger partial charge in [-0.15, -0.1) is 0 Å². The van der Waals surface area contributed by atoms with Gasteiger partial charge in [-0.2, -0.15) is 0 Å². The van der Waals surface area contributed by atoms with Crippen LogP contribution in [0.15, 0.2) is 73.0 Å². The highest BCUT2D eigenvalue weighted by Gasteiger charge is 2.46. The van der Waals surface area contributed by atoms with Crippen molar-refractivity contribution in [1.29, 1.82) is 0 Å². The van der Waals surface area contributed by atoms with Crippen molar-refractivity contribution in [2.75, 3.05) is 13.7 Å². The third-order valence-corrected chi connectivity index (χ3v) is 12.7. The number of benzene rings is 3. The van der Waals surface area contributed by atoms with Crippen LogP contribution in [0.3, 0.4) is 0 Å². The molecule has 0 bridgehead atoms. The molecule has 0 radical (unpaired) electrons. The highest BCUT2D eigenvalue weighted by atomic mass is 79.9. The van der Waals surface area contributed by atoms with Crippen LogP contribution in [0.5, 0.6) is 0 Å². The number of nitrogens with zero attached hydrogens (tertiary/aromatic N) is 1. The normalized spacial score (nSPS) is 27.0. The highest BCUT2D eigenvalue weighted by Crippen LogP contribution is 2.45. The number of carbonyl (C=O) groups excluding carboxylic acids is 2. The molecule has 1 spiro atoms. The number of methoxy groups -OCH3 is 1. The molecule has 0 aromatic heterocycles. The molecule has 1 heterocycles. The standard InChI is InChI=1S/C13H15BrN2O.C13H16BrNO2.C11H11BrO/c1-8-9-3-2-4-11(14)10(9)5-6-13(8)7-17-12(15)16-13;1-8-9-4-3-5-11(14)10(9)6-7-13(8,15)12(16)17-2;1-7-8-3-2-4-10(12)9(8)5-6-11(7)13/h2-4,8H,5-7H2,1H3,(H2,15,16);3-5,8H,6-7,15H2,1-2H3;2-4,7H,5-6H2,1H3. The second-order valence-corrected chi connectivity index (χ2v) is 15.5. The van der Waals surface area contributed by atoms with Crippen LogP contribution in [-0.2, 0) is 38.3 Å². The van der Waals surface area contributed by atoms with E-state index in [0.29, 0.717) is 37.2 Å². The highest BCUT2D eigenvalue weighted by molar-refractivity contribution is 9.11. The van der Waals surface area contributed by atoms with E-state index in [2.05, 4.69) is 84.0 Å². The first-order valence-corrected chi connectivity index (χ1v) is 18.4. The third kappa shape index (κ3) is 6.98. The van der Waals surface area contributed by atoms with Crippen molar-refractivity contribution in [2.24, 2.45) is 16.5 Å². The zero-order valence-electron chi connectivity index (χ0n) is 27.2. The van der Waals surface area contributed by atoms with Gasteiger partial charge in [-0.1, -0.05) is 105 Å². The molecule has 7 rings (SSSR count). The number of amidine groups is 1. The SMILES string of the molecule is CC1C(=O)CCc2c(Br)cccc21.CC1c2cccc(Br)c2CCC12COC(N)=N2.COC(=O)C1(N)CCc2c(Br)cccc2C1C. The first kappa shape index (κ1) is 35.8. The Morgan fingerprint density at radius 2 is 1.32 bits per heavy atom. The minimum atomic E-state index is -0.900. The molecule has 7 nitrogen and oxygen atoms in total. The summed E-state index contributed by atoms with van der Waals surface area (Å²) >= 11 is 10.7. The van der Waals surface area contributed by atoms with E-state index in [9.17, 15) is 9.59 Å². The lowest BCUT2D eigenvalue weighted by Gasteiger charge is -2.38. The fourth-order valence-electron chi connectivity index (χ4n) is 7.35. The number of ether oxygens (including phenoxy) is 2. The van der Waals surface area contributed by atoms with Gasteiger partial charge < -0.3 is 20.9 Å². The van der Waals surface area contributed by atoms with Crippen molar-refractivity contribution < 1.29 is 19.1 Å². The second kappa shape index (κ2) is 14.5. The number of rotatable bonds is 1. The van der Waals surface area contributed by atoms with Crippen molar-refractivity contribution in [1.82, 2.24) is 0 Å². The van der Waals surface area contributed by atoms with Gasteiger partial charge in [0, 0.05) is 37.6 Å². The molecule has 0 amide bonds. The van der Waals surface area contributed by atoms with Crippen LogP contribution >= 0.6 is 47.8 Å². The van der Waals surface area contributed by atoms with Crippen molar-refractivity contribution in [3.05, 3.63) is 101 Å². The first-order valence-electron chi connectivity index (χ1n) is 16.0. The average Bonchev–Trinajstić information content (AvgIpc) is 3.44. The molecule has 5 atom stereocenters. The van der Waals surface area contributed by atoms with Crippen molar-refractivity contribution in [2.45, 2.75) is 88.1 Å². The molecule has 4 N–H and O–H groups in total. The summed E-state index contributed by atoms with van der Waals surface area (Å²) in [6.07, 6.45) is 5.03. The van der Waals surface area contributed by atoms with Crippen LogP contribution in [-0.4, -0.2) is 42.6 Å². The molecule has 3 aliphatic carbocycles. The Hall–Kier alpha value is -2.53. The fraction of sp³-hybridized carbons (Fsp3) is 0.432. The predicted molar refractivity (Wildman–Crippen MR) is 197 cm³/mol. The molecular formula is C37H42Br3N3O4. The predicted octanol–water partition coefficient (Wildman–Crippen LogP) is 8.02. The third-order valence-electron chi connectivity index (χ3n) is 10.5. The number of nitrogens with two attached hydrogens (primary N) is 2. The van der Waals surface area contributed by atoms with E-state index < -0.39 is 5.54 Å². The Bertz CT molecular complexity index is 1710. The zero-order chi connectivity index (χ0) is 34.1. The molecule has 0 saturated heterocycles. The lowest BCUT2D eigenvalue weighted by atomic mass is 9.71. The molecular weight excluding hydrogens is 790 g/mol. The van der Waals surface area contributed by atoms with Gasteiger partial charge in [0.25, 0.3) is 6.02 Å². The van der Waals surface area contributed by atoms with Gasteiger partial charge in [0.05, 0.1) is 7.11 Å². The van der Waals surface area contributed by atoms with Crippen LogP contribution in [0, 0.1) is 0 Å². The van der Waals surface area contributed by atoms with Crippen LogP contribution in [0.2, 0.25) is 0 Å². The van der Waals surface area contributed by atoms with Crippen molar-refractivity contribution >= 4 is 65.6 Å². The molecule has 0 fully saturated rings. The summed E-state index contributed by atoms with van der Waals surface area (Å²) < 4.78 is 13.6. The van der Waals surface area contributed by atoms with E-state index in [1.54, 1.807) is 0 Å². The summed E-state index contributed by atoms with van der Waals surface area (Å²) in [6, 6.07) is 18.9. The van der Waals surface area contributed by atoms with Gasteiger partial charge >= 0.3 is 5.97 Å². The molecule has 10 heteroatoms. The first-order chi connectivity index (χ1) is 22.3. The van der Waals surface area contributed by atoms with Crippen molar-refractivity contribution in [3.8, 4) is 0 Å². The lowest BCUT2D eigenvalue weighted by molar-refractivity contribution is -0.148. The zero-order valence-corrected chi connectivity index (χ0v) is 32.0. The van der Waals surface area contributed by atoms with Crippen LogP contribution in [0.25, 0.3) is 0 Å². The van der Waals surface area contributed by atoms with Crippen LogP contribution in [0.1, 0.15) is 91.2 Å². The fourth-order valence-corrected chi connectivity index (χ4v) is 9.09. The summed E-state index contributed by atoms with van der Waals surface area (Å²) in [6.45, 7) is 6.82. The lowest BCUT2D eigenvalue weighted by Crippen LogP contribution is -2.55.